The van der Waals surface area contributed by atoms with Crippen molar-refractivity contribution in [3.63, 3.8) is 0 Å². The molecule has 0 saturated heterocycles. The molecule has 1 aromatic rings. The molecule has 0 unspecified atom stereocenters. The smallest absolute Gasteiger partial charge is 0.253 e. The van der Waals surface area contributed by atoms with Gasteiger partial charge in [-0.3, -0.25) is 9.59 Å². The van der Waals surface area contributed by atoms with Crippen LogP contribution in [0, 0.1) is 13.8 Å². The normalized spacial score (nSPS) is 14.5. The Morgan fingerprint density at radius 1 is 1.37 bits per heavy atom. The Kier molecular flexibility index (Phi) is 4.20. The van der Waals surface area contributed by atoms with Gasteiger partial charge < -0.3 is 10.3 Å². The molecule has 102 valence electrons. The maximum atomic E-state index is 11.8. The van der Waals surface area contributed by atoms with E-state index in [1.165, 1.54) is 18.4 Å². The first-order valence-electron chi connectivity index (χ1n) is 6.73. The van der Waals surface area contributed by atoms with E-state index in [0.29, 0.717) is 5.56 Å². The van der Waals surface area contributed by atoms with Gasteiger partial charge in [-0.05, 0) is 51.2 Å². The first-order valence-corrected chi connectivity index (χ1v) is 6.73. The van der Waals surface area contributed by atoms with Crippen LogP contribution in [0.5, 0.6) is 0 Å². The second-order valence-corrected chi connectivity index (χ2v) is 5.17. The number of aromatic amines is 1. The minimum Gasteiger partial charge on any atom is -0.348 e. The van der Waals surface area contributed by atoms with E-state index in [4.69, 9.17) is 0 Å². The maximum absolute atomic E-state index is 11.8. The third-order valence-electron chi connectivity index (χ3n) is 3.51. The van der Waals surface area contributed by atoms with Crippen LogP contribution in [0.15, 0.2) is 22.5 Å². The highest BCUT2D eigenvalue weighted by Gasteiger charge is 2.10. The van der Waals surface area contributed by atoms with Gasteiger partial charge in [0.05, 0.1) is 0 Å². The molecular weight excluding hydrogens is 240 g/mol. The number of aryl methyl sites for hydroxylation is 2. The molecular formula is C15H20N2O2. The third-order valence-corrected chi connectivity index (χ3v) is 3.51. The number of nitrogens with one attached hydrogen (secondary N) is 2. The van der Waals surface area contributed by atoms with Crippen LogP contribution < -0.4 is 10.9 Å². The predicted octanol–water partition coefficient (Wildman–Crippen LogP) is 2.11. The van der Waals surface area contributed by atoms with Crippen LogP contribution in [0.1, 0.15) is 42.5 Å². The van der Waals surface area contributed by atoms with Gasteiger partial charge in [0.1, 0.15) is 0 Å². The van der Waals surface area contributed by atoms with Crippen molar-refractivity contribution in [3.8, 4) is 0 Å². The lowest BCUT2D eigenvalue weighted by Crippen LogP contribution is -2.26. The molecule has 2 N–H and O–H groups in total. The van der Waals surface area contributed by atoms with Crippen molar-refractivity contribution in [3.05, 3.63) is 44.9 Å². The Balaban J connectivity index is 2.01. The Hall–Kier alpha value is -1.84. The zero-order chi connectivity index (χ0) is 13.8. The molecule has 1 heterocycles. The minimum atomic E-state index is -0.119. The number of rotatable bonds is 3. The monoisotopic (exact) mass is 260 g/mol. The van der Waals surface area contributed by atoms with Crippen molar-refractivity contribution >= 4 is 5.91 Å². The molecule has 1 amide bonds. The van der Waals surface area contributed by atoms with Gasteiger partial charge in [-0.1, -0.05) is 5.57 Å². The van der Waals surface area contributed by atoms with E-state index >= 15 is 0 Å². The van der Waals surface area contributed by atoms with Gasteiger partial charge >= 0.3 is 0 Å². The van der Waals surface area contributed by atoms with Crippen molar-refractivity contribution in [2.75, 3.05) is 0 Å². The summed E-state index contributed by atoms with van der Waals surface area (Å²) in [6.07, 6.45) is 6.09. The molecule has 4 nitrogen and oxygen atoms in total. The van der Waals surface area contributed by atoms with E-state index in [0.717, 1.165) is 24.1 Å². The van der Waals surface area contributed by atoms with Gasteiger partial charge in [-0.25, -0.2) is 0 Å². The molecule has 1 aliphatic carbocycles. The standard InChI is InChI=1S/C15H20N2O2/c1-10-7-11(2)17-15(19)13(10)9-16-14(18)8-12-5-3-4-6-12/h7-8H,3-6,9H2,1-2H3,(H,16,18)(H,17,19). The summed E-state index contributed by atoms with van der Waals surface area (Å²) < 4.78 is 0. The third kappa shape index (κ3) is 3.56. The lowest BCUT2D eigenvalue weighted by atomic mass is 10.1. The second kappa shape index (κ2) is 5.87. The van der Waals surface area contributed by atoms with Crippen LogP contribution in [-0.2, 0) is 11.3 Å². The number of amides is 1. The fourth-order valence-electron chi connectivity index (χ4n) is 2.49. The highest BCUT2D eigenvalue weighted by atomic mass is 16.1. The summed E-state index contributed by atoms with van der Waals surface area (Å²) in [6, 6.07) is 1.92. The summed E-state index contributed by atoms with van der Waals surface area (Å²) in [7, 11) is 0. The van der Waals surface area contributed by atoms with Gasteiger partial charge in [0.2, 0.25) is 5.91 Å². The van der Waals surface area contributed by atoms with E-state index in [-0.39, 0.29) is 18.0 Å². The van der Waals surface area contributed by atoms with Crippen LogP contribution in [0.4, 0.5) is 0 Å². The number of carbonyl (C=O) groups is 1. The number of hydrogen-bond donors (Lipinski definition) is 2. The molecule has 0 atom stereocenters. The van der Waals surface area contributed by atoms with Crippen molar-refractivity contribution in [2.24, 2.45) is 0 Å². The molecule has 0 spiro atoms. The maximum Gasteiger partial charge on any atom is 0.253 e. The summed E-state index contributed by atoms with van der Waals surface area (Å²) >= 11 is 0. The Morgan fingerprint density at radius 3 is 2.68 bits per heavy atom. The first-order chi connectivity index (χ1) is 9.06. The molecule has 19 heavy (non-hydrogen) atoms. The lowest BCUT2D eigenvalue weighted by molar-refractivity contribution is -0.116. The molecule has 1 aromatic heterocycles. The Bertz CT molecular complexity index is 562. The topological polar surface area (TPSA) is 62.0 Å². The van der Waals surface area contributed by atoms with Gasteiger partial charge in [0, 0.05) is 23.9 Å². The number of pyridine rings is 1. The Labute approximate surface area is 112 Å². The summed E-state index contributed by atoms with van der Waals surface area (Å²) in [6.45, 7) is 4.02. The minimum absolute atomic E-state index is 0.101. The van der Waals surface area contributed by atoms with E-state index in [2.05, 4.69) is 10.3 Å². The average molecular weight is 260 g/mol. The van der Waals surface area contributed by atoms with Gasteiger partial charge in [-0.2, -0.15) is 0 Å². The zero-order valence-electron chi connectivity index (χ0n) is 11.5. The van der Waals surface area contributed by atoms with Crippen molar-refractivity contribution in [1.29, 1.82) is 0 Å². The zero-order valence-corrected chi connectivity index (χ0v) is 11.5. The largest absolute Gasteiger partial charge is 0.348 e. The summed E-state index contributed by atoms with van der Waals surface area (Å²) in [5.41, 5.74) is 3.47. The summed E-state index contributed by atoms with van der Waals surface area (Å²) in [5.74, 6) is -0.101. The first kappa shape index (κ1) is 13.6. The van der Waals surface area contributed by atoms with Crippen LogP contribution in [0.25, 0.3) is 0 Å². The van der Waals surface area contributed by atoms with E-state index in [1.807, 2.05) is 19.9 Å². The molecule has 4 heteroatoms. The number of allylic oxidation sites excluding steroid dienone is 1. The van der Waals surface area contributed by atoms with E-state index in [1.54, 1.807) is 6.08 Å². The average Bonchev–Trinajstić information content (AvgIpc) is 2.80. The molecule has 1 saturated carbocycles. The SMILES string of the molecule is Cc1cc(C)c(CNC(=O)C=C2CCCC2)c(=O)[nH]1. The van der Waals surface area contributed by atoms with Gasteiger partial charge in [-0.15, -0.1) is 0 Å². The number of H-pyrrole nitrogens is 1. The lowest BCUT2D eigenvalue weighted by Gasteiger charge is -2.07. The summed E-state index contributed by atoms with van der Waals surface area (Å²) in [5, 5.41) is 2.79. The van der Waals surface area contributed by atoms with Crippen molar-refractivity contribution < 1.29 is 4.79 Å². The number of hydrogen-bond acceptors (Lipinski definition) is 2. The highest BCUT2D eigenvalue weighted by Crippen LogP contribution is 2.23. The molecule has 1 aliphatic rings. The molecule has 0 radical (unpaired) electrons. The molecule has 1 fully saturated rings. The highest BCUT2D eigenvalue weighted by molar-refractivity contribution is 5.88. The Morgan fingerprint density at radius 2 is 2.05 bits per heavy atom. The van der Waals surface area contributed by atoms with Crippen LogP contribution >= 0.6 is 0 Å². The molecule has 0 bridgehead atoms. The predicted molar refractivity (Wildman–Crippen MR) is 74.9 cm³/mol. The van der Waals surface area contributed by atoms with E-state index in [9.17, 15) is 9.59 Å². The number of carbonyl (C=O) groups excluding carboxylic acids is 1. The second-order valence-electron chi connectivity index (χ2n) is 5.17. The van der Waals surface area contributed by atoms with Crippen LogP contribution in [-0.4, -0.2) is 10.9 Å². The molecule has 2 rings (SSSR count). The fourth-order valence-corrected chi connectivity index (χ4v) is 2.49. The fraction of sp³-hybridized carbons (Fsp3) is 0.467. The quantitative estimate of drug-likeness (QED) is 0.818. The molecule has 0 aliphatic heterocycles. The number of aromatic nitrogens is 1. The van der Waals surface area contributed by atoms with Crippen molar-refractivity contribution in [2.45, 2.75) is 46.1 Å². The summed E-state index contributed by atoms with van der Waals surface area (Å²) in [4.78, 5) is 26.3. The van der Waals surface area contributed by atoms with Crippen molar-refractivity contribution in [1.82, 2.24) is 10.3 Å². The van der Waals surface area contributed by atoms with Crippen LogP contribution in [0.3, 0.4) is 0 Å². The van der Waals surface area contributed by atoms with Gasteiger partial charge in [0.15, 0.2) is 0 Å². The van der Waals surface area contributed by atoms with Gasteiger partial charge in [0.25, 0.3) is 5.56 Å². The van der Waals surface area contributed by atoms with E-state index < -0.39 is 0 Å². The van der Waals surface area contributed by atoms with Crippen LogP contribution in [0.2, 0.25) is 0 Å². The molecule has 0 aromatic carbocycles.